The zero-order valence-electron chi connectivity index (χ0n) is 12.0. The van der Waals surface area contributed by atoms with Crippen molar-refractivity contribution in [2.24, 2.45) is 0 Å². The average Bonchev–Trinajstić information content (AvgIpc) is 2.46. The Balaban J connectivity index is 2.06. The molecule has 3 aromatic rings. The second-order valence-electron chi connectivity index (χ2n) is 5.26. The molecular weight excluding hydrogens is 298 g/mol. The standard InChI is InChI=1S/C17H15NO3S/c1-12-6-9-17(22(19,20)21)14(10-12)11-15-8-7-13-4-2-3-5-16(13)18-15/h2-10H,11H2,1H3,(H,19,20,21). The first-order valence-corrected chi connectivity index (χ1v) is 8.29. The number of aryl methyl sites for hydroxylation is 1. The highest BCUT2D eigenvalue weighted by Gasteiger charge is 2.16. The van der Waals surface area contributed by atoms with Gasteiger partial charge in [0.25, 0.3) is 10.1 Å². The van der Waals surface area contributed by atoms with Crippen molar-refractivity contribution >= 4 is 21.0 Å². The van der Waals surface area contributed by atoms with Gasteiger partial charge < -0.3 is 0 Å². The fourth-order valence-electron chi connectivity index (χ4n) is 2.50. The van der Waals surface area contributed by atoms with E-state index in [-0.39, 0.29) is 4.90 Å². The molecule has 0 fully saturated rings. The largest absolute Gasteiger partial charge is 0.294 e. The summed E-state index contributed by atoms with van der Waals surface area (Å²) in [4.78, 5) is 4.48. The Labute approximate surface area is 129 Å². The first-order valence-electron chi connectivity index (χ1n) is 6.85. The summed E-state index contributed by atoms with van der Waals surface area (Å²) in [6.45, 7) is 1.88. The third kappa shape index (κ3) is 3.00. The predicted molar refractivity (Wildman–Crippen MR) is 85.5 cm³/mol. The monoisotopic (exact) mass is 313 g/mol. The number of nitrogens with zero attached hydrogens (tertiary/aromatic N) is 1. The van der Waals surface area contributed by atoms with Gasteiger partial charge in [0.15, 0.2) is 0 Å². The number of pyridine rings is 1. The van der Waals surface area contributed by atoms with E-state index in [0.29, 0.717) is 12.0 Å². The van der Waals surface area contributed by atoms with Crippen LogP contribution in [0.5, 0.6) is 0 Å². The number of hydrogen-bond acceptors (Lipinski definition) is 3. The first-order chi connectivity index (χ1) is 10.4. The van der Waals surface area contributed by atoms with Gasteiger partial charge >= 0.3 is 0 Å². The molecule has 1 N–H and O–H groups in total. The minimum Gasteiger partial charge on any atom is -0.282 e. The molecule has 0 aliphatic carbocycles. The normalized spacial score (nSPS) is 11.7. The van der Waals surface area contributed by atoms with Crippen LogP contribution in [0.4, 0.5) is 0 Å². The third-order valence-corrected chi connectivity index (χ3v) is 4.48. The van der Waals surface area contributed by atoms with Crippen molar-refractivity contribution in [2.75, 3.05) is 0 Å². The van der Waals surface area contributed by atoms with Crippen molar-refractivity contribution in [1.29, 1.82) is 0 Å². The van der Waals surface area contributed by atoms with Gasteiger partial charge in [0.1, 0.15) is 0 Å². The minimum absolute atomic E-state index is 0.0620. The number of aromatic nitrogens is 1. The van der Waals surface area contributed by atoms with E-state index in [4.69, 9.17) is 0 Å². The van der Waals surface area contributed by atoms with E-state index in [2.05, 4.69) is 4.98 Å². The molecule has 4 nitrogen and oxygen atoms in total. The molecule has 0 aliphatic rings. The summed E-state index contributed by atoms with van der Waals surface area (Å²) in [5, 5.41) is 1.03. The minimum atomic E-state index is -4.24. The molecule has 0 spiro atoms. The van der Waals surface area contributed by atoms with E-state index in [0.717, 1.165) is 22.2 Å². The summed E-state index contributed by atoms with van der Waals surface area (Å²) in [6, 6.07) is 16.4. The van der Waals surface area contributed by atoms with Gasteiger partial charge in [-0.25, -0.2) is 0 Å². The van der Waals surface area contributed by atoms with Crippen LogP contribution in [0.15, 0.2) is 59.5 Å². The lowest BCUT2D eigenvalue weighted by Crippen LogP contribution is -2.05. The summed E-state index contributed by atoms with van der Waals surface area (Å²) >= 11 is 0. The molecule has 0 bridgehead atoms. The van der Waals surface area contributed by atoms with Gasteiger partial charge in [-0.15, -0.1) is 0 Å². The van der Waals surface area contributed by atoms with Crippen LogP contribution in [0.25, 0.3) is 10.9 Å². The van der Waals surface area contributed by atoms with Crippen LogP contribution in [0.3, 0.4) is 0 Å². The van der Waals surface area contributed by atoms with Crippen molar-refractivity contribution in [3.63, 3.8) is 0 Å². The maximum Gasteiger partial charge on any atom is 0.294 e. The second kappa shape index (κ2) is 5.51. The van der Waals surface area contributed by atoms with E-state index in [1.165, 1.54) is 6.07 Å². The summed E-state index contributed by atoms with van der Waals surface area (Å²) < 4.78 is 32.4. The molecule has 0 unspecified atom stereocenters. The molecule has 0 saturated heterocycles. The number of para-hydroxylation sites is 1. The molecule has 1 heterocycles. The third-order valence-electron chi connectivity index (χ3n) is 3.52. The maximum absolute atomic E-state index is 11.5. The van der Waals surface area contributed by atoms with Crippen molar-refractivity contribution in [2.45, 2.75) is 18.2 Å². The van der Waals surface area contributed by atoms with E-state index in [1.54, 1.807) is 12.1 Å². The zero-order valence-corrected chi connectivity index (χ0v) is 12.8. The van der Waals surface area contributed by atoms with Crippen LogP contribution in [0.2, 0.25) is 0 Å². The van der Waals surface area contributed by atoms with Gasteiger partial charge in [-0.05, 0) is 30.7 Å². The lowest BCUT2D eigenvalue weighted by Gasteiger charge is -2.09. The number of fused-ring (bicyclic) bond motifs is 1. The van der Waals surface area contributed by atoms with Crippen LogP contribution in [0, 0.1) is 6.92 Å². The molecule has 112 valence electrons. The van der Waals surface area contributed by atoms with Crippen LogP contribution >= 0.6 is 0 Å². The summed E-state index contributed by atoms with van der Waals surface area (Å²) in [5.74, 6) is 0. The van der Waals surface area contributed by atoms with Crippen molar-refractivity contribution in [3.8, 4) is 0 Å². The van der Waals surface area contributed by atoms with Gasteiger partial charge in [0, 0.05) is 17.5 Å². The molecule has 0 atom stereocenters. The predicted octanol–water partition coefficient (Wildman–Crippen LogP) is 3.38. The first kappa shape index (κ1) is 14.7. The van der Waals surface area contributed by atoms with E-state index in [1.807, 2.05) is 43.3 Å². The smallest absolute Gasteiger partial charge is 0.282 e. The highest BCUT2D eigenvalue weighted by Crippen LogP contribution is 2.21. The van der Waals surface area contributed by atoms with E-state index >= 15 is 0 Å². The number of hydrogen-bond donors (Lipinski definition) is 1. The average molecular weight is 313 g/mol. The lowest BCUT2D eigenvalue weighted by atomic mass is 10.1. The van der Waals surface area contributed by atoms with E-state index < -0.39 is 10.1 Å². The maximum atomic E-state index is 11.5. The second-order valence-corrected chi connectivity index (χ2v) is 6.65. The lowest BCUT2D eigenvalue weighted by molar-refractivity contribution is 0.482. The Morgan fingerprint density at radius 1 is 1.05 bits per heavy atom. The Bertz CT molecular complexity index is 949. The van der Waals surface area contributed by atoms with Crippen LogP contribution in [-0.2, 0) is 16.5 Å². The fraction of sp³-hybridized carbons (Fsp3) is 0.118. The molecule has 2 aromatic carbocycles. The molecule has 22 heavy (non-hydrogen) atoms. The zero-order chi connectivity index (χ0) is 15.7. The van der Waals surface area contributed by atoms with Crippen LogP contribution < -0.4 is 0 Å². The number of rotatable bonds is 3. The van der Waals surface area contributed by atoms with Crippen LogP contribution in [-0.4, -0.2) is 18.0 Å². The molecule has 0 aliphatic heterocycles. The Hall–Kier alpha value is -2.24. The topological polar surface area (TPSA) is 67.3 Å². The molecule has 3 rings (SSSR count). The molecule has 1 aromatic heterocycles. The SMILES string of the molecule is Cc1ccc(S(=O)(=O)O)c(Cc2ccc3ccccc3n2)c1. The summed E-state index contributed by atoms with van der Waals surface area (Å²) in [7, 11) is -4.24. The highest BCUT2D eigenvalue weighted by atomic mass is 32.2. The van der Waals surface area contributed by atoms with E-state index in [9.17, 15) is 13.0 Å². The van der Waals surface area contributed by atoms with Crippen molar-refractivity contribution in [3.05, 3.63) is 71.4 Å². The van der Waals surface area contributed by atoms with Crippen LogP contribution in [0.1, 0.15) is 16.8 Å². The fourth-order valence-corrected chi connectivity index (χ4v) is 3.20. The van der Waals surface area contributed by atoms with Gasteiger partial charge in [0.05, 0.1) is 10.4 Å². The Morgan fingerprint density at radius 3 is 2.59 bits per heavy atom. The van der Waals surface area contributed by atoms with Crippen molar-refractivity contribution < 1.29 is 13.0 Å². The Kier molecular flexibility index (Phi) is 3.68. The van der Waals surface area contributed by atoms with Gasteiger partial charge in [-0.3, -0.25) is 9.54 Å². The van der Waals surface area contributed by atoms with Gasteiger partial charge in [0.2, 0.25) is 0 Å². The summed E-state index contributed by atoms with van der Waals surface area (Å²) in [5.41, 5.74) is 3.10. The molecule has 0 amide bonds. The summed E-state index contributed by atoms with van der Waals surface area (Å²) in [6.07, 6.45) is 0.349. The van der Waals surface area contributed by atoms with Gasteiger partial charge in [-0.1, -0.05) is 42.0 Å². The molecular formula is C17H15NO3S. The Morgan fingerprint density at radius 2 is 1.82 bits per heavy atom. The number of benzene rings is 2. The molecule has 5 heteroatoms. The molecule has 0 saturated carbocycles. The molecule has 0 radical (unpaired) electrons. The van der Waals surface area contributed by atoms with Gasteiger partial charge in [-0.2, -0.15) is 8.42 Å². The quantitative estimate of drug-likeness (QED) is 0.753. The van der Waals surface area contributed by atoms with Crippen molar-refractivity contribution in [1.82, 2.24) is 4.98 Å². The highest BCUT2D eigenvalue weighted by molar-refractivity contribution is 7.85.